The fraction of sp³-hybridized carbons (Fsp3) is 0.625. The molecule has 0 aromatic carbocycles. The third kappa shape index (κ3) is 1.75. The Labute approximate surface area is 72.4 Å². The smallest absolute Gasteiger partial charge is 0.157 e. The lowest BCUT2D eigenvalue weighted by molar-refractivity contribution is -0.105. The lowest BCUT2D eigenvalue weighted by atomic mass is 10.1. The first-order valence-corrected chi connectivity index (χ1v) is 5.65. The number of rotatable bonds is 2. The van der Waals surface area contributed by atoms with E-state index in [1.807, 2.05) is 0 Å². The Morgan fingerprint density at radius 2 is 2.08 bits per heavy atom. The first kappa shape index (κ1) is 9.45. The minimum absolute atomic E-state index is 0.199. The van der Waals surface area contributed by atoms with Crippen molar-refractivity contribution in [3.8, 4) is 0 Å². The van der Waals surface area contributed by atoms with E-state index in [9.17, 15) is 13.2 Å². The normalized spacial score (nSPS) is 27.8. The summed E-state index contributed by atoms with van der Waals surface area (Å²) in [7, 11) is -3.07. The maximum atomic E-state index is 11.4. The number of carbonyl (C=O) groups is 1. The highest BCUT2D eigenvalue weighted by atomic mass is 32.2. The van der Waals surface area contributed by atoms with Gasteiger partial charge in [-0.05, 0) is 12.8 Å². The molecule has 0 N–H and O–H groups in total. The van der Waals surface area contributed by atoms with Gasteiger partial charge in [0.25, 0.3) is 0 Å². The van der Waals surface area contributed by atoms with Crippen molar-refractivity contribution in [1.82, 2.24) is 0 Å². The molecule has 0 bridgehead atoms. The van der Waals surface area contributed by atoms with Crippen molar-refractivity contribution in [2.75, 3.05) is 5.75 Å². The predicted octanol–water partition coefficient (Wildman–Crippen LogP) is 0.709. The zero-order chi connectivity index (χ0) is 9.19. The van der Waals surface area contributed by atoms with Gasteiger partial charge in [-0.1, -0.05) is 13.0 Å². The Hall–Kier alpha value is -0.640. The van der Waals surface area contributed by atoms with E-state index in [-0.39, 0.29) is 11.3 Å². The topological polar surface area (TPSA) is 51.2 Å². The largest absolute Gasteiger partial charge is 0.298 e. The van der Waals surface area contributed by atoms with Gasteiger partial charge in [0, 0.05) is 5.57 Å². The van der Waals surface area contributed by atoms with E-state index in [4.69, 9.17) is 0 Å². The van der Waals surface area contributed by atoms with Crippen LogP contribution in [0.3, 0.4) is 0 Å². The Kier molecular flexibility index (Phi) is 2.67. The van der Waals surface area contributed by atoms with Gasteiger partial charge in [0.15, 0.2) is 9.84 Å². The van der Waals surface area contributed by atoms with Gasteiger partial charge >= 0.3 is 0 Å². The molecule has 1 atom stereocenters. The van der Waals surface area contributed by atoms with Gasteiger partial charge in [0.05, 0.1) is 11.0 Å². The Bertz CT molecular complexity index is 289. The van der Waals surface area contributed by atoms with Crippen molar-refractivity contribution in [3.05, 3.63) is 12.2 Å². The predicted molar refractivity (Wildman–Crippen MR) is 46.6 cm³/mol. The van der Waals surface area contributed by atoms with Crippen molar-refractivity contribution in [3.63, 3.8) is 0 Å². The van der Waals surface area contributed by atoms with Crippen molar-refractivity contribution in [2.24, 2.45) is 0 Å². The molecule has 3 nitrogen and oxygen atoms in total. The second-order valence-electron chi connectivity index (χ2n) is 3.04. The van der Waals surface area contributed by atoms with E-state index in [0.717, 1.165) is 6.42 Å². The second kappa shape index (κ2) is 3.39. The van der Waals surface area contributed by atoms with E-state index in [1.165, 1.54) is 0 Å². The molecule has 0 spiro atoms. The van der Waals surface area contributed by atoms with Crippen LogP contribution in [0, 0.1) is 0 Å². The van der Waals surface area contributed by atoms with Crippen LogP contribution in [-0.4, -0.2) is 25.7 Å². The minimum Gasteiger partial charge on any atom is -0.298 e. The summed E-state index contributed by atoms with van der Waals surface area (Å²) in [6.07, 6.45) is 2.69. The van der Waals surface area contributed by atoms with Crippen LogP contribution in [-0.2, 0) is 14.6 Å². The maximum Gasteiger partial charge on any atom is 0.157 e. The number of hydrogen-bond donors (Lipinski definition) is 0. The molecule has 0 aromatic heterocycles. The summed E-state index contributed by atoms with van der Waals surface area (Å²) in [6.45, 7) is 3.45. The van der Waals surface area contributed by atoms with Crippen molar-refractivity contribution in [1.29, 1.82) is 0 Å². The fourth-order valence-electron chi connectivity index (χ4n) is 1.45. The van der Waals surface area contributed by atoms with Gasteiger partial charge in [-0.3, -0.25) is 4.79 Å². The van der Waals surface area contributed by atoms with Crippen LogP contribution in [0.5, 0.6) is 0 Å². The summed E-state index contributed by atoms with van der Waals surface area (Å²) < 4.78 is 22.7. The Morgan fingerprint density at radius 1 is 1.42 bits per heavy atom. The summed E-state index contributed by atoms with van der Waals surface area (Å²) in [5.74, 6) is 0.199. The molecule has 1 rings (SSSR count). The monoisotopic (exact) mass is 188 g/mol. The van der Waals surface area contributed by atoms with Gasteiger partial charge in [0.2, 0.25) is 0 Å². The van der Waals surface area contributed by atoms with Gasteiger partial charge in [-0.15, -0.1) is 0 Å². The van der Waals surface area contributed by atoms with Crippen LogP contribution in [0.15, 0.2) is 12.2 Å². The zero-order valence-electron chi connectivity index (χ0n) is 6.82. The average molecular weight is 188 g/mol. The third-order valence-corrected chi connectivity index (χ3v) is 4.41. The van der Waals surface area contributed by atoms with E-state index in [2.05, 4.69) is 6.58 Å². The highest BCUT2D eigenvalue weighted by molar-refractivity contribution is 7.92. The molecule has 1 heterocycles. The lowest BCUT2D eigenvalue weighted by Crippen LogP contribution is -2.30. The fourth-order valence-corrected chi connectivity index (χ4v) is 3.38. The van der Waals surface area contributed by atoms with E-state index in [0.29, 0.717) is 19.1 Å². The molecule has 0 aromatic rings. The maximum absolute atomic E-state index is 11.4. The molecule has 0 saturated carbocycles. The summed E-state index contributed by atoms with van der Waals surface area (Å²) in [5.41, 5.74) is 0.203. The molecule has 1 unspecified atom stereocenters. The SMILES string of the molecule is C=C(C=O)C1CCCCS1(=O)=O. The lowest BCUT2D eigenvalue weighted by Gasteiger charge is -2.21. The van der Waals surface area contributed by atoms with Crippen molar-refractivity contribution in [2.45, 2.75) is 24.5 Å². The van der Waals surface area contributed by atoms with Gasteiger partial charge in [-0.25, -0.2) is 8.42 Å². The van der Waals surface area contributed by atoms with Crippen LogP contribution in [0.25, 0.3) is 0 Å². The molecule has 68 valence electrons. The first-order chi connectivity index (χ1) is 5.58. The quantitative estimate of drug-likeness (QED) is 0.473. The van der Waals surface area contributed by atoms with E-state index >= 15 is 0 Å². The molecule has 0 radical (unpaired) electrons. The zero-order valence-corrected chi connectivity index (χ0v) is 7.64. The Balaban J connectivity index is 2.87. The Morgan fingerprint density at radius 3 is 2.58 bits per heavy atom. The molecule has 1 saturated heterocycles. The number of aldehydes is 1. The molecule has 1 aliphatic heterocycles. The second-order valence-corrected chi connectivity index (χ2v) is 5.35. The summed E-state index contributed by atoms with van der Waals surface area (Å²) in [6, 6.07) is 0. The first-order valence-electron chi connectivity index (χ1n) is 3.93. The van der Waals surface area contributed by atoms with Crippen LogP contribution < -0.4 is 0 Å². The molecular weight excluding hydrogens is 176 g/mol. The number of sulfone groups is 1. The minimum atomic E-state index is -3.07. The van der Waals surface area contributed by atoms with Crippen molar-refractivity contribution < 1.29 is 13.2 Å². The van der Waals surface area contributed by atoms with Crippen molar-refractivity contribution >= 4 is 16.1 Å². The molecular formula is C8H12O3S. The number of carbonyl (C=O) groups excluding carboxylic acids is 1. The van der Waals surface area contributed by atoms with Crippen LogP contribution >= 0.6 is 0 Å². The van der Waals surface area contributed by atoms with Gasteiger partial charge in [-0.2, -0.15) is 0 Å². The molecule has 1 fully saturated rings. The van der Waals surface area contributed by atoms with Gasteiger partial charge < -0.3 is 0 Å². The summed E-state index contributed by atoms with van der Waals surface area (Å²) in [4.78, 5) is 10.3. The van der Waals surface area contributed by atoms with Gasteiger partial charge in [0.1, 0.15) is 6.29 Å². The molecule has 0 aliphatic carbocycles. The molecule has 1 aliphatic rings. The standard InChI is InChI=1S/C8H12O3S/c1-7(6-9)8-4-2-3-5-12(8,10)11/h6,8H,1-5H2. The van der Waals surface area contributed by atoms with Crippen LogP contribution in [0.4, 0.5) is 0 Å². The molecule has 0 amide bonds. The highest BCUT2D eigenvalue weighted by Gasteiger charge is 2.30. The van der Waals surface area contributed by atoms with E-state index in [1.54, 1.807) is 0 Å². The average Bonchev–Trinajstić information content (AvgIpc) is 2.02. The third-order valence-electron chi connectivity index (χ3n) is 2.14. The molecule has 4 heteroatoms. The van der Waals surface area contributed by atoms with Crippen LogP contribution in [0.2, 0.25) is 0 Å². The van der Waals surface area contributed by atoms with E-state index < -0.39 is 15.1 Å². The highest BCUT2D eigenvalue weighted by Crippen LogP contribution is 2.23. The summed E-state index contributed by atoms with van der Waals surface area (Å²) >= 11 is 0. The van der Waals surface area contributed by atoms with Crippen LogP contribution in [0.1, 0.15) is 19.3 Å². The molecule has 12 heavy (non-hydrogen) atoms. The number of hydrogen-bond acceptors (Lipinski definition) is 3. The summed E-state index contributed by atoms with van der Waals surface area (Å²) in [5, 5.41) is -0.608.